The average Bonchev–Trinajstić information content (AvgIpc) is 1.59. The second-order valence-corrected chi connectivity index (χ2v) is 3.09. The van der Waals surface area contributed by atoms with Crippen LogP contribution in [0.5, 0.6) is 0 Å². The molecule has 0 aliphatic rings. The topological polar surface area (TPSA) is 20.2 Å². The highest BCUT2D eigenvalue weighted by atomic mass is 35.5. The summed E-state index contributed by atoms with van der Waals surface area (Å²) in [4.78, 5) is 0. The molecule has 0 spiro atoms. The fraction of sp³-hybridized carbons (Fsp3) is 1.00. The molecule has 0 amide bonds. The van der Waals surface area contributed by atoms with Gasteiger partial charge in [0, 0.05) is 13.0 Å². The lowest BCUT2D eigenvalue weighted by Crippen LogP contribution is -2.35. The van der Waals surface area contributed by atoms with Gasteiger partial charge in [-0.2, -0.15) is 0 Å². The van der Waals surface area contributed by atoms with Gasteiger partial charge in [0.2, 0.25) is 0 Å². The molecule has 0 aliphatic carbocycles. The van der Waals surface area contributed by atoms with Crippen molar-refractivity contribution in [1.29, 1.82) is 0 Å². The fourth-order valence-corrected chi connectivity index (χ4v) is 0.545. The van der Waals surface area contributed by atoms with E-state index in [9.17, 15) is 0 Å². The fourth-order valence-electron chi connectivity index (χ4n) is 0.545. The van der Waals surface area contributed by atoms with Crippen LogP contribution in [0.3, 0.4) is 0 Å². The second kappa shape index (κ2) is 5.03. The third-order valence-corrected chi connectivity index (χ3v) is 0.987. The zero-order valence-corrected chi connectivity index (χ0v) is 7.36. The number of nitrogens with zero attached hydrogens (tertiary/aromatic N) is 1. The van der Waals surface area contributed by atoms with Crippen LogP contribution in [-0.4, -0.2) is 43.9 Å². The normalized spacial score (nSPS) is 10.7. The summed E-state index contributed by atoms with van der Waals surface area (Å²) in [6, 6.07) is 0. The molecule has 0 heterocycles. The van der Waals surface area contributed by atoms with Gasteiger partial charge in [0.15, 0.2) is 0 Å². The minimum absolute atomic E-state index is 0. The van der Waals surface area contributed by atoms with Crippen LogP contribution >= 0.6 is 0 Å². The smallest absolute Gasteiger partial charge is 0.0903 e. The Morgan fingerprint density at radius 3 is 1.78 bits per heavy atom. The van der Waals surface area contributed by atoms with Crippen LogP contribution in [0, 0.1) is 12.4 Å². The Labute approximate surface area is 63.5 Å². The molecule has 3 heteroatoms. The van der Waals surface area contributed by atoms with E-state index in [1.165, 1.54) is 0 Å². The maximum Gasteiger partial charge on any atom is 0.0903 e. The van der Waals surface area contributed by atoms with Crippen LogP contribution < -0.4 is 0 Å². The highest BCUT2D eigenvalue weighted by molar-refractivity contribution is 4.28. The first-order valence-electron chi connectivity index (χ1n) is 2.97. The molecule has 0 aliphatic heterocycles. The van der Waals surface area contributed by atoms with Gasteiger partial charge in [-0.1, -0.05) is 0 Å². The number of quaternary nitrogens is 1. The molecule has 0 saturated heterocycles. The number of aliphatic hydroxyl groups is 1. The summed E-state index contributed by atoms with van der Waals surface area (Å²) in [5, 5.41) is 8.42. The number of aliphatic hydroxyl groups excluding tert-OH is 1. The van der Waals surface area contributed by atoms with E-state index in [-0.39, 0.29) is 12.4 Å². The molecule has 2 nitrogen and oxygen atoms in total. The number of hydrogen-bond acceptors (Lipinski definition) is 1. The molecule has 0 radical (unpaired) electrons. The lowest BCUT2D eigenvalue weighted by Gasteiger charge is -2.22. The zero-order valence-electron chi connectivity index (χ0n) is 6.46. The van der Waals surface area contributed by atoms with Gasteiger partial charge in [0.05, 0.1) is 40.1 Å². The summed E-state index contributed by atoms with van der Waals surface area (Å²) < 4.78 is 0.945. The number of halogens is 1. The summed E-state index contributed by atoms with van der Waals surface area (Å²) in [6.45, 7) is 1.37. The van der Waals surface area contributed by atoms with Crippen molar-refractivity contribution in [1.82, 2.24) is 0 Å². The van der Waals surface area contributed by atoms with Gasteiger partial charge >= 0.3 is 0 Å². The molecule has 0 saturated carbocycles. The second-order valence-electron chi connectivity index (χ2n) is 3.09. The van der Waals surface area contributed by atoms with Crippen molar-refractivity contribution < 1.29 is 22.0 Å². The van der Waals surface area contributed by atoms with Crippen LogP contribution in [0.25, 0.3) is 0 Å². The third-order valence-electron chi connectivity index (χ3n) is 0.987. The molecule has 0 aromatic heterocycles. The predicted molar refractivity (Wildman–Crippen MR) is 37.4 cm³/mol. The van der Waals surface area contributed by atoms with Gasteiger partial charge in [-0.05, 0) is 0 Å². The van der Waals surface area contributed by atoms with Crippen LogP contribution in [0.2, 0.25) is 0 Å². The molecule has 0 atom stereocenters. The number of rotatable bonds is 3. The Morgan fingerprint density at radius 2 is 1.67 bits per heavy atom. The molecule has 58 valence electrons. The van der Waals surface area contributed by atoms with Crippen LogP contribution in [0.1, 0.15) is 6.42 Å². The lowest BCUT2D eigenvalue weighted by atomic mass is 10.4. The van der Waals surface area contributed by atoms with Gasteiger partial charge in [0.1, 0.15) is 0 Å². The van der Waals surface area contributed by atoms with Gasteiger partial charge in [0.25, 0.3) is 0 Å². The first kappa shape index (κ1) is 11.9. The largest absolute Gasteiger partial charge is 0.396 e. The van der Waals surface area contributed by atoms with Crippen molar-refractivity contribution in [2.24, 2.45) is 0 Å². The van der Waals surface area contributed by atoms with Crippen LogP contribution in [-0.2, 0) is 0 Å². The summed E-state index contributed by atoms with van der Waals surface area (Å²) >= 11 is 0. The predicted octanol–water partition coefficient (Wildman–Crippen LogP) is -0.460. The van der Waals surface area contributed by atoms with Crippen molar-refractivity contribution >= 4 is 0 Å². The summed E-state index contributed by atoms with van der Waals surface area (Å²) in [5.41, 5.74) is 0. The molecule has 9 heavy (non-hydrogen) atoms. The first-order chi connectivity index (χ1) is 3.56. The molecule has 0 aromatic rings. The van der Waals surface area contributed by atoms with Crippen molar-refractivity contribution in [2.45, 2.75) is 6.42 Å². The maximum atomic E-state index is 8.42. The van der Waals surface area contributed by atoms with E-state index >= 15 is 0 Å². The molecule has 0 aromatic carbocycles. The van der Waals surface area contributed by atoms with E-state index in [2.05, 4.69) is 21.1 Å². The van der Waals surface area contributed by atoms with Gasteiger partial charge in [-0.25, -0.2) is 0 Å². The highest BCUT2D eigenvalue weighted by Crippen LogP contribution is 1.90. The maximum absolute atomic E-state index is 8.42. The molecular formula is C6H18ClNO+2. The summed E-state index contributed by atoms with van der Waals surface area (Å²) in [6.07, 6.45) is 0.906. The molecule has 0 bridgehead atoms. The molecule has 0 unspecified atom stereocenters. The lowest BCUT2D eigenvalue weighted by molar-refractivity contribution is -0.870. The van der Waals surface area contributed by atoms with E-state index in [0.717, 1.165) is 17.4 Å². The Morgan fingerprint density at radius 1 is 1.22 bits per heavy atom. The Hall–Kier alpha value is 0.210. The SMILES string of the molecule is C[N+](C)(C)CCCO.[ClH2+]. The minimum Gasteiger partial charge on any atom is -0.396 e. The van der Waals surface area contributed by atoms with Crippen molar-refractivity contribution in [3.8, 4) is 0 Å². The first-order valence-corrected chi connectivity index (χ1v) is 2.97. The van der Waals surface area contributed by atoms with Crippen molar-refractivity contribution in [3.05, 3.63) is 0 Å². The standard InChI is InChI=1S/C6H16NO.ClH2/c1-7(2,3)5-4-6-8;/h8H,4-6H2,1-3H3;1H2/q2*+1. The van der Waals surface area contributed by atoms with E-state index < -0.39 is 0 Å². The highest BCUT2D eigenvalue weighted by Gasteiger charge is 2.03. The molecule has 0 fully saturated rings. The van der Waals surface area contributed by atoms with Gasteiger partial charge in [-0.3, -0.25) is 0 Å². The third kappa shape index (κ3) is 11.7. The molecular weight excluding hydrogens is 138 g/mol. The molecule has 1 N–H and O–H groups in total. The Kier molecular flexibility index (Phi) is 6.68. The summed E-state index contributed by atoms with van der Waals surface area (Å²) in [5.74, 6) is 0. The van der Waals surface area contributed by atoms with Gasteiger partial charge < -0.3 is 9.59 Å². The van der Waals surface area contributed by atoms with Crippen molar-refractivity contribution in [2.75, 3.05) is 34.3 Å². The van der Waals surface area contributed by atoms with E-state index in [4.69, 9.17) is 5.11 Å². The Bertz CT molecular complexity index is 60.6. The van der Waals surface area contributed by atoms with Crippen LogP contribution in [0.15, 0.2) is 0 Å². The average molecular weight is 156 g/mol. The van der Waals surface area contributed by atoms with E-state index in [0.29, 0.717) is 6.61 Å². The Balaban J connectivity index is 0. The van der Waals surface area contributed by atoms with E-state index in [1.54, 1.807) is 0 Å². The quantitative estimate of drug-likeness (QED) is 0.547. The van der Waals surface area contributed by atoms with E-state index in [1.807, 2.05) is 0 Å². The van der Waals surface area contributed by atoms with Crippen LogP contribution in [0.4, 0.5) is 0 Å². The zero-order chi connectivity index (χ0) is 6.62. The monoisotopic (exact) mass is 155 g/mol. The van der Waals surface area contributed by atoms with Crippen molar-refractivity contribution in [3.63, 3.8) is 0 Å². The van der Waals surface area contributed by atoms with Gasteiger partial charge in [-0.15, -0.1) is 0 Å². The molecule has 0 rings (SSSR count). The number of hydrogen-bond donors (Lipinski definition) is 1. The minimum atomic E-state index is 0. The summed E-state index contributed by atoms with van der Waals surface area (Å²) in [7, 11) is 6.36.